The van der Waals surface area contributed by atoms with Crippen LogP contribution in [-0.4, -0.2) is 95.5 Å². The predicted octanol–water partition coefficient (Wildman–Crippen LogP) is 5.90. The lowest BCUT2D eigenvalue weighted by Crippen LogP contribution is -2.52. The second kappa shape index (κ2) is 15.8. The first-order valence-electron chi connectivity index (χ1n) is 16.9. The molecule has 3 heterocycles. The molecule has 0 spiro atoms. The van der Waals surface area contributed by atoms with Crippen molar-refractivity contribution in [2.75, 3.05) is 57.9 Å². The highest BCUT2D eigenvalue weighted by Gasteiger charge is 2.32. The number of aromatic nitrogens is 2. The van der Waals surface area contributed by atoms with E-state index in [1.165, 1.54) is 0 Å². The first kappa shape index (κ1) is 35.7. The first-order valence-corrected chi connectivity index (χ1v) is 18.5. The molecule has 1 fully saturated rings. The number of carbonyl (C=O) groups is 3. The Labute approximate surface area is 308 Å². The van der Waals surface area contributed by atoms with Gasteiger partial charge in [0.1, 0.15) is 5.82 Å². The zero-order chi connectivity index (χ0) is 35.4. The third kappa shape index (κ3) is 8.41. The molecule has 1 atom stereocenters. The van der Waals surface area contributed by atoms with Crippen LogP contribution in [0, 0.1) is 0 Å². The quantitative estimate of drug-likeness (QED) is 0.0995. The summed E-state index contributed by atoms with van der Waals surface area (Å²) in [4.78, 5) is 53.9. The van der Waals surface area contributed by atoms with Crippen LogP contribution in [0.3, 0.4) is 0 Å². The number of para-hydroxylation sites is 1. The van der Waals surface area contributed by atoms with Crippen molar-refractivity contribution < 1.29 is 14.4 Å². The minimum absolute atomic E-state index is 0.0448. The number of urea groups is 2. The van der Waals surface area contributed by atoms with Gasteiger partial charge in [-0.05, 0) is 126 Å². The number of halogens is 2. The normalized spacial score (nSPS) is 15.8. The van der Waals surface area contributed by atoms with Gasteiger partial charge in [0.2, 0.25) is 0 Å². The Morgan fingerprint density at radius 3 is 2.54 bits per heavy atom. The number of anilines is 2. The number of hydrogen-bond acceptors (Lipinski definition) is 6. The molecule has 6 N–H and O–H groups in total. The summed E-state index contributed by atoms with van der Waals surface area (Å²) in [6.45, 7) is 3.15. The Morgan fingerprint density at radius 2 is 1.80 bits per heavy atom. The largest absolute Gasteiger partial charge is 0.397 e. The van der Waals surface area contributed by atoms with Crippen molar-refractivity contribution in [2.24, 2.45) is 0 Å². The number of carbonyl (C=O) groups excluding carboxylic acids is 3. The molecule has 0 unspecified atom stereocenters. The highest BCUT2D eigenvalue weighted by atomic mass is 79.9. The van der Waals surface area contributed by atoms with E-state index in [2.05, 4.69) is 63.8 Å². The lowest BCUT2D eigenvalue weighted by atomic mass is 10.0. The van der Waals surface area contributed by atoms with Crippen molar-refractivity contribution in [1.82, 2.24) is 35.3 Å². The number of aromatic amines is 1. The summed E-state index contributed by atoms with van der Waals surface area (Å²) in [5.74, 6) is 0.436. The number of nitrogens with one attached hydrogen (secondary N) is 4. The number of benzene rings is 3. The number of imidazole rings is 1. The van der Waals surface area contributed by atoms with Crippen molar-refractivity contribution in [2.45, 2.75) is 44.2 Å². The summed E-state index contributed by atoms with van der Waals surface area (Å²) in [7, 11) is 4.01. The molecule has 1 aromatic heterocycles. The molecule has 12 nitrogen and oxygen atoms in total. The monoisotopic (exact) mass is 807 g/mol. The minimum Gasteiger partial charge on any atom is -0.397 e. The van der Waals surface area contributed by atoms with E-state index in [4.69, 9.17) is 10.7 Å². The molecule has 2 aliphatic heterocycles. The molecule has 5 amide bonds. The Kier molecular flexibility index (Phi) is 11.3. The molecule has 0 bridgehead atoms. The van der Waals surface area contributed by atoms with Crippen LogP contribution in [-0.2, 0) is 12.8 Å². The van der Waals surface area contributed by atoms with Gasteiger partial charge in [0.25, 0.3) is 5.91 Å². The number of likely N-dealkylation sites (tertiary alicyclic amines) is 1. The van der Waals surface area contributed by atoms with E-state index in [1.54, 1.807) is 12.1 Å². The van der Waals surface area contributed by atoms with E-state index in [1.807, 2.05) is 60.3 Å². The molecule has 1 saturated heterocycles. The second-order valence-corrected chi connectivity index (χ2v) is 14.9. The van der Waals surface area contributed by atoms with Gasteiger partial charge in [-0.1, -0.05) is 18.2 Å². The van der Waals surface area contributed by atoms with Gasteiger partial charge >= 0.3 is 12.1 Å². The minimum atomic E-state index is -0.506. The molecule has 0 radical (unpaired) electrons. The van der Waals surface area contributed by atoms with Crippen LogP contribution < -0.4 is 21.7 Å². The summed E-state index contributed by atoms with van der Waals surface area (Å²) in [5.41, 5.74) is 11.6. The zero-order valence-corrected chi connectivity index (χ0v) is 31.4. The van der Waals surface area contributed by atoms with Crippen molar-refractivity contribution in [1.29, 1.82) is 0 Å². The number of H-pyrrole nitrogens is 1. The highest BCUT2D eigenvalue weighted by Crippen LogP contribution is 2.32. The topological polar surface area (TPSA) is 152 Å². The summed E-state index contributed by atoms with van der Waals surface area (Å²) in [6, 6.07) is 16.4. The Morgan fingerprint density at radius 1 is 1.06 bits per heavy atom. The Balaban J connectivity index is 1.15. The fraction of sp³-hybridized carbons (Fsp3) is 0.389. The molecule has 14 heteroatoms. The first-order chi connectivity index (χ1) is 24.0. The number of rotatable bonds is 10. The van der Waals surface area contributed by atoms with Crippen LogP contribution >= 0.6 is 31.9 Å². The van der Waals surface area contributed by atoms with Gasteiger partial charge in [0.15, 0.2) is 0 Å². The van der Waals surface area contributed by atoms with E-state index in [-0.39, 0.29) is 24.0 Å². The van der Waals surface area contributed by atoms with E-state index in [0.717, 1.165) is 45.1 Å². The van der Waals surface area contributed by atoms with E-state index in [9.17, 15) is 14.4 Å². The number of nitrogens with zero attached hydrogens (tertiary/aromatic N) is 4. The molecule has 4 aromatic rings. The van der Waals surface area contributed by atoms with Crippen LogP contribution in [0.15, 0.2) is 63.5 Å². The standard InChI is InChI=1S/C36H43Br2N9O3/c1-45(2)14-5-13-40-34(48)24-8-9-29-30(21-24)42-33(41-29)31(20-22-18-26(37)32(39)27(38)19-22)44-35(49)46-15-11-25(12-16-46)47-17-10-23-6-3-4-7-28(23)43-36(47)50/h3-4,6-9,18-19,21,25,31H,5,10-17,20,39H2,1-2H3,(H,40,48)(H,41,42)(H,43,50)(H,44,49)/t31-/m1/s1. The molecule has 50 heavy (non-hydrogen) atoms. The molecular weight excluding hydrogens is 766 g/mol. The fourth-order valence-corrected chi connectivity index (χ4v) is 7.88. The van der Waals surface area contributed by atoms with Crippen molar-refractivity contribution >= 4 is 72.2 Å². The average molecular weight is 810 g/mol. The summed E-state index contributed by atoms with van der Waals surface area (Å²) in [6.07, 6.45) is 3.45. The van der Waals surface area contributed by atoms with Crippen LogP contribution in [0.25, 0.3) is 11.0 Å². The lowest BCUT2D eigenvalue weighted by molar-refractivity contribution is 0.0952. The number of nitrogens with two attached hydrogens (primary N) is 1. The third-order valence-corrected chi connectivity index (χ3v) is 10.7. The molecule has 3 aromatic carbocycles. The van der Waals surface area contributed by atoms with Gasteiger partial charge in [-0.2, -0.15) is 0 Å². The number of piperidine rings is 1. The molecule has 6 rings (SSSR count). The Hall–Kier alpha value is -4.14. The zero-order valence-electron chi connectivity index (χ0n) is 28.3. The van der Waals surface area contributed by atoms with E-state index < -0.39 is 6.04 Å². The molecule has 2 aliphatic rings. The van der Waals surface area contributed by atoms with Crippen LogP contribution in [0.4, 0.5) is 21.0 Å². The SMILES string of the molecule is CN(C)CCCNC(=O)c1ccc2nc([C@@H](Cc3cc(Br)c(N)c(Br)c3)NC(=O)N3CCC(N4CCc5ccccc5NC4=O)CC3)[nH]c2c1. The van der Waals surface area contributed by atoms with Crippen LogP contribution in [0.2, 0.25) is 0 Å². The summed E-state index contributed by atoms with van der Waals surface area (Å²) < 4.78 is 1.50. The van der Waals surface area contributed by atoms with E-state index >= 15 is 0 Å². The maximum atomic E-state index is 13.8. The maximum Gasteiger partial charge on any atom is 0.322 e. The maximum absolute atomic E-state index is 13.8. The number of fused-ring (bicyclic) bond motifs is 2. The van der Waals surface area contributed by atoms with Gasteiger partial charge in [0.05, 0.1) is 22.8 Å². The van der Waals surface area contributed by atoms with Crippen LogP contribution in [0.1, 0.15) is 52.6 Å². The number of amides is 5. The summed E-state index contributed by atoms with van der Waals surface area (Å²) in [5, 5.41) is 9.28. The molecular formula is C36H43Br2N9O3. The fourth-order valence-electron chi connectivity index (χ4n) is 6.60. The molecule has 0 aliphatic carbocycles. The smallest absolute Gasteiger partial charge is 0.322 e. The van der Waals surface area contributed by atoms with Crippen molar-refractivity contribution in [3.05, 3.63) is 86.1 Å². The van der Waals surface area contributed by atoms with Crippen LogP contribution in [0.5, 0.6) is 0 Å². The third-order valence-electron chi connectivity index (χ3n) is 9.37. The van der Waals surface area contributed by atoms with Gasteiger partial charge in [-0.3, -0.25) is 4.79 Å². The second-order valence-electron chi connectivity index (χ2n) is 13.2. The summed E-state index contributed by atoms with van der Waals surface area (Å²) >= 11 is 7.09. The van der Waals surface area contributed by atoms with Gasteiger partial charge in [-0.25, -0.2) is 14.6 Å². The average Bonchev–Trinajstić information content (AvgIpc) is 3.45. The van der Waals surface area contributed by atoms with Gasteiger partial charge < -0.3 is 41.4 Å². The lowest BCUT2D eigenvalue weighted by Gasteiger charge is -2.38. The predicted molar refractivity (Wildman–Crippen MR) is 203 cm³/mol. The highest BCUT2D eigenvalue weighted by molar-refractivity contribution is 9.11. The van der Waals surface area contributed by atoms with Crippen molar-refractivity contribution in [3.8, 4) is 0 Å². The molecule has 264 valence electrons. The molecule has 0 saturated carbocycles. The van der Waals surface area contributed by atoms with Gasteiger partial charge in [-0.15, -0.1) is 0 Å². The van der Waals surface area contributed by atoms with Gasteiger partial charge in [0, 0.05) is 58.8 Å². The van der Waals surface area contributed by atoms with Crippen molar-refractivity contribution in [3.63, 3.8) is 0 Å². The number of nitrogen functional groups attached to an aromatic ring is 1. The van der Waals surface area contributed by atoms with E-state index in [0.29, 0.717) is 73.6 Å². The Bertz CT molecular complexity index is 1850. The number of hydrogen-bond donors (Lipinski definition) is 5.